The van der Waals surface area contributed by atoms with Crippen molar-refractivity contribution in [3.8, 4) is 6.07 Å². The third-order valence-electron chi connectivity index (χ3n) is 1.45. The normalized spacial score (nSPS) is 9.00. The van der Waals surface area contributed by atoms with Gasteiger partial charge in [0, 0.05) is 3.57 Å². The molecule has 0 saturated heterocycles. The molecule has 0 atom stereocenters. The Bertz CT molecular complexity index is 382. The van der Waals surface area contributed by atoms with Gasteiger partial charge in [0.1, 0.15) is 0 Å². The Hall–Kier alpha value is -1.09. The number of rotatable bonds is 1. The van der Waals surface area contributed by atoms with Gasteiger partial charge < -0.3 is 4.74 Å². The van der Waals surface area contributed by atoms with Gasteiger partial charge in [-0.15, -0.1) is 0 Å². The van der Waals surface area contributed by atoms with E-state index in [2.05, 4.69) is 4.74 Å². The first kappa shape index (κ1) is 9.99. The first-order chi connectivity index (χ1) is 6.17. The maximum atomic E-state index is 11.1. The predicted octanol–water partition coefficient (Wildman–Crippen LogP) is 1.95. The second kappa shape index (κ2) is 4.23. The molecule has 1 aromatic rings. The average molecular weight is 287 g/mol. The van der Waals surface area contributed by atoms with Crippen LogP contribution >= 0.6 is 22.6 Å². The molecule has 0 bridgehead atoms. The van der Waals surface area contributed by atoms with E-state index < -0.39 is 5.97 Å². The molecule has 0 heterocycles. The highest BCUT2D eigenvalue weighted by atomic mass is 127. The zero-order chi connectivity index (χ0) is 9.84. The van der Waals surface area contributed by atoms with Crippen LogP contribution in [-0.4, -0.2) is 13.1 Å². The van der Waals surface area contributed by atoms with Crippen molar-refractivity contribution in [2.24, 2.45) is 0 Å². The summed E-state index contributed by atoms with van der Waals surface area (Å²) in [4.78, 5) is 11.1. The first-order valence-electron chi connectivity index (χ1n) is 3.46. The Morgan fingerprint density at radius 2 is 2.23 bits per heavy atom. The molecule has 1 rings (SSSR count). The molecule has 0 saturated carbocycles. The molecule has 0 amide bonds. The Morgan fingerprint density at radius 1 is 1.54 bits per heavy atom. The van der Waals surface area contributed by atoms with Crippen LogP contribution in [0.25, 0.3) is 0 Å². The number of halogens is 1. The van der Waals surface area contributed by atoms with E-state index in [1.807, 2.05) is 28.7 Å². The number of hydrogen-bond donors (Lipinski definition) is 0. The maximum absolute atomic E-state index is 11.1. The molecule has 3 nitrogen and oxygen atoms in total. The first-order valence-corrected chi connectivity index (χ1v) is 4.54. The van der Waals surface area contributed by atoms with Crippen molar-refractivity contribution in [1.29, 1.82) is 5.26 Å². The highest BCUT2D eigenvalue weighted by Gasteiger charge is 2.07. The zero-order valence-electron chi connectivity index (χ0n) is 6.87. The fraction of sp³-hybridized carbons (Fsp3) is 0.111. The van der Waals surface area contributed by atoms with E-state index in [9.17, 15) is 4.79 Å². The van der Waals surface area contributed by atoms with Crippen LogP contribution < -0.4 is 0 Å². The molecule has 0 unspecified atom stereocenters. The van der Waals surface area contributed by atoms with Gasteiger partial charge >= 0.3 is 5.97 Å². The van der Waals surface area contributed by atoms with Crippen LogP contribution in [0.2, 0.25) is 0 Å². The standard InChI is InChI=1S/C9H6INO2/c1-13-9(12)7-2-6(5-11)3-8(10)4-7/h2-4H,1H3. The van der Waals surface area contributed by atoms with Gasteiger partial charge in [-0.1, -0.05) is 0 Å². The molecule has 66 valence electrons. The summed E-state index contributed by atoms with van der Waals surface area (Å²) in [5.74, 6) is -0.421. The zero-order valence-corrected chi connectivity index (χ0v) is 9.03. The minimum Gasteiger partial charge on any atom is -0.465 e. The van der Waals surface area contributed by atoms with Gasteiger partial charge in [-0.25, -0.2) is 4.79 Å². The van der Waals surface area contributed by atoms with Crippen LogP contribution in [0.1, 0.15) is 15.9 Å². The fourth-order valence-electron chi connectivity index (χ4n) is 0.890. The van der Waals surface area contributed by atoms with Crippen LogP contribution in [-0.2, 0) is 4.74 Å². The minimum absolute atomic E-state index is 0.408. The van der Waals surface area contributed by atoms with Gasteiger partial charge in [-0.05, 0) is 40.8 Å². The van der Waals surface area contributed by atoms with Gasteiger partial charge in [0.05, 0.1) is 24.3 Å². The number of carbonyl (C=O) groups is 1. The molecule has 0 fully saturated rings. The van der Waals surface area contributed by atoms with Crippen LogP contribution in [0.5, 0.6) is 0 Å². The van der Waals surface area contributed by atoms with E-state index >= 15 is 0 Å². The van der Waals surface area contributed by atoms with Gasteiger partial charge in [0.25, 0.3) is 0 Å². The molecule has 0 radical (unpaired) electrons. The summed E-state index contributed by atoms with van der Waals surface area (Å²) in [7, 11) is 1.31. The summed E-state index contributed by atoms with van der Waals surface area (Å²) in [6.07, 6.45) is 0. The number of nitrogens with zero attached hydrogens (tertiary/aromatic N) is 1. The maximum Gasteiger partial charge on any atom is 0.337 e. The van der Waals surface area contributed by atoms with Crippen molar-refractivity contribution in [2.45, 2.75) is 0 Å². The molecule has 0 N–H and O–H groups in total. The summed E-state index contributed by atoms with van der Waals surface area (Å²) in [6.45, 7) is 0. The molecular weight excluding hydrogens is 281 g/mol. The summed E-state index contributed by atoms with van der Waals surface area (Å²) < 4.78 is 5.38. The molecule has 1 aromatic carbocycles. The van der Waals surface area contributed by atoms with Gasteiger partial charge in [0.15, 0.2) is 0 Å². The summed E-state index contributed by atoms with van der Waals surface area (Å²) in [5, 5.41) is 8.64. The Labute approximate surface area is 89.5 Å². The average Bonchev–Trinajstić information content (AvgIpc) is 2.15. The molecule has 13 heavy (non-hydrogen) atoms. The van der Waals surface area contributed by atoms with Crippen molar-refractivity contribution < 1.29 is 9.53 Å². The highest BCUT2D eigenvalue weighted by molar-refractivity contribution is 14.1. The fourth-order valence-corrected chi connectivity index (χ4v) is 1.56. The predicted molar refractivity (Wildman–Crippen MR) is 55.2 cm³/mol. The lowest BCUT2D eigenvalue weighted by molar-refractivity contribution is 0.0600. The lowest BCUT2D eigenvalue weighted by atomic mass is 10.1. The van der Waals surface area contributed by atoms with E-state index in [4.69, 9.17) is 5.26 Å². The SMILES string of the molecule is COC(=O)c1cc(I)cc(C#N)c1. The molecule has 0 aliphatic carbocycles. The minimum atomic E-state index is -0.421. The van der Waals surface area contributed by atoms with Crippen molar-refractivity contribution in [2.75, 3.05) is 7.11 Å². The largest absolute Gasteiger partial charge is 0.465 e. The number of hydrogen-bond acceptors (Lipinski definition) is 3. The van der Waals surface area contributed by atoms with Crippen LogP contribution in [0.4, 0.5) is 0 Å². The topological polar surface area (TPSA) is 50.1 Å². The quantitative estimate of drug-likeness (QED) is 0.586. The number of nitriles is 1. The third kappa shape index (κ3) is 2.42. The molecule has 0 aromatic heterocycles. The second-order valence-electron chi connectivity index (χ2n) is 2.33. The van der Waals surface area contributed by atoms with Crippen LogP contribution in [0.15, 0.2) is 18.2 Å². The van der Waals surface area contributed by atoms with Crippen molar-refractivity contribution in [1.82, 2.24) is 0 Å². The molecule has 0 aliphatic rings. The molecule has 0 spiro atoms. The Kier molecular flexibility index (Phi) is 3.25. The molecule has 0 aliphatic heterocycles. The van der Waals surface area contributed by atoms with E-state index in [1.54, 1.807) is 12.1 Å². The number of ether oxygens (including phenoxy) is 1. The smallest absolute Gasteiger partial charge is 0.337 e. The number of esters is 1. The highest BCUT2D eigenvalue weighted by Crippen LogP contribution is 2.12. The monoisotopic (exact) mass is 287 g/mol. The van der Waals surface area contributed by atoms with E-state index in [0.717, 1.165) is 3.57 Å². The van der Waals surface area contributed by atoms with Crippen LogP contribution in [0.3, 0.4) is 0 Å². The lowest BCUT2D eigenvalue weighted by Crippen LogP contribution is -2.01. The second-order valence-corrected chi connectivity index (χ2v) is 3.58. The Balaban J connectivity index is 3.17. The van der Waals surface area contributed by atoms with Gasteiger partial charge in [-0.3, -0.25) is 0 Å². The summed E-state index contributed by atoms with van der Waals surface area (Å²) in [6, 6.07) is 6.86. The van der Waals surface area contributed by atoms with Crippen LogP contribution in [0, 0.1) is 14.9 Å². The molecule has 4 heteroatoms. The van der Waals surface area contributed by atoms with E-state index in [1.165, 1.54) is 13.2 Å². The molecular formula is C9H6INO2. The number of benzene rings is 1. The van der Waals surface area contributed by atoms with Crippen molar-refractivity contribution in [3.63, 3.8) is 0 Å². The number of methoxy groups -OCH3 is 1. The lowest BCUT2D eigenvalue weighted by Gasteiger charge is -1.99. The van der Waals surface area contributed by atoms with E-state index in [0.29, 0.717) is 11.1 Å². The number of carbonyl (C=O) groups excluding carboxylic acids is 1. The third-order valence-corrected chi connectivity index (χ3v) is 2.07. The van der Waals surface area contributed by atoms with Gasteiger partial charge in [0.2, 0.25) is 0 Å². The van der Waals surface area contributed by atoms with Crippen molar-refractivity contribution >= 4 is 28.6 Å². The van der Waals surface area contributed by atoms with Crippen molar-refractivity contribution in [3.05, 3.63) is 32.9 Å². The summed E-state index contributed by atoms with van der Waals surface area (Å²) >= 11 is 2.05. The summed E-state index contributed by atoms with van der Waals surface area (Å²) in [5.41, 5.74) is 0.873. The van der Waals surface area contributed by atoms with Gasteiger partial charge in [-0.2, -0.15) is 5.26 Å². The Morgan fingerprint density at radius 3 is 2.77 bits per heavy atom. The van der Waals surface area contributed by atoms with E-state index in [-0.39, 0.29) is 0 Å².